The zero-order valence-corrected chi connectivity index (χ0v) is 14.5. The third-order valence-electron chi connectivity index (χ3n) is 5.87. The molecule has 3 atom stereocenters. The first-order chi connectivity index (χ1) is 11.8. The number of rotatable bonds is 6. The van der Waals surface area contributed by atoms with E-state index < -0.39 is 0 Å². The quantitative estimate of drug-likeness (QED) is 0.870. The highest BCUT2D eigenvalue weighted by Crippen LogP contribution is 2.36. The summed E-state index contributed by atoms with van der Waals surface area (Å²) in [5.74, 6) is 0. The summed E-state index contributed by atoms with van der Waals surface area (Å²) in [6, 6.07) is 12.0. The normalized spacial score (nSPS) is 29.3. The van der Waals surface area contributed by atoms with E-state index in [2.05, 4.69) is 40.1 Å². The summed E-state index contributed by atoms with van der Waals surface area (Å²) in [7, 11) is 0. The van der Waals surface area contributed by atoms with Gasteiger partial charge in [-0.1, -0.05) is 37.5 Å². The molecule has 1 aliphatic carbocycles. The highest BCUT2D eigenvalue weighted by Gasteiger charge is 2.44. The second kappa shape index (κ2) is 7.42. The van der Waals surface area contributed by atoms with Gasteiger partial charge in [-0.15, -0.1) is 0 Å². The van der Waals surface area contributed by atoms with E-state index in [0.717, 1.165) is 19.6 Å². The van der Waals surface area contributed by atoms with Gasteiger partial charge in [0, 0.05) is 37.4 Å². The van der Waals surface area contributed by atoms with Crippen LogP contribution in [0.3, 0.4) is 0 Å². The summed E-state index contributed by atoms with van der Waals surface area (Å²) in [4.78, 5) is 4.98. The molecule has 0 amide bonds. The lowest BCUT2D eigenvalue weighted by Gasteiger charge is -2.58. The Hall–Kier alpha value is -1.10. The summed E-state index contributed by atoms with van der Waals surface area (Å²) in [6.45, 7) is 3.37. The maximum atomic E-state index is 10.3. The van der Waals surface area contributed by atoms with Crippen LogP contribution in [-0.2, 0) is 4.74 Å². The van der Waals surface area contributed by atoms with Crippen molar-refractivity contribution in [1.29, 1.82) is 0 Å². The summed E-state index contributed by atoms with van der Waals surface area (Å²) >= 11 is 0. The zero-order valence-electron chi connectivity index (χ0n) is 14.5. The molecule has 0 radical (unpaired) electrons. The van der Waals surface area contributed by atoms with E-state index in [0.29, 0.717) is 24.8 Å². The Morgan fingerprint density at radius 3 is 2.46 bits per heavy atom. The number of ether oxygens (including phenoxy) is 1. The molecule has 1 saturated carbocycles. The molecule has 1 N–H and O–H groups in total. The first-order valence-corrected chi connectivity index (χ1v) is 9.65. The molecule has 3 aliphatic heterocycles. The lowest BCUT2D eigenvalue weighted by molar-refractivity contribution is -0.0395. The molecule has 0 spiro atoms. The average Bonchev–Trinajstić information content (AvgIpc) is 2.62. The van der Waals surface area contributed by atoms with Gasteiger partial charge < -0.3 is 14.7 Å². The van der Waals surface area contributed by atoms with Crippen molar-refractivity contribution in [1.82, 2.24) is 4.90 Å². The molecule has 4 heteroatoms. The molecule has 3 unspecified atom stereocenters. The monoisotopic (exact) mass is 330 g/mol. The minimum absolute atomic E-state index is 0.352. The second-order valence-electron chi connectivity index (χ2n) is 7.75. The molecule has 1 aromatic carbocycles. The Morgan fingerprint density at radius 2 is 1.75 bits per heavy atom. The zero-order chi connectivity index (χ0) is 16.4. The van der Waals surface area contributed by atoms with E-state index in [4.69, 9.17) is 4.74 Å². The average molecular weight is 330 g/mol. The van der Waals surface area contributed by atoms with Crippen molar-refractivity contribution >= 4 is 5.69 Å². The Morgan fingerprint density at radius 1 is 1.04 bits per heavy atom. The van der Waals surface area contributed by atoms with Gasteiger partial charge in [0.25, 0.3) is 0 Å². The second-order valence-corrected chi connectivity index (χ2v) is 7.75. The fourth-order valence-corrected chi connectivity index (χ4v) is 4.70. The van der Waals surface area contributed by atoms with Gasteiger partial charge in [-0.05, 0) is 31.4 Å². The molecule has 4 fully saturated rings. The number of aliphatic hydroxyl groups is 1. The third kappa shape index (κ3) is 3.61. The molecule has 2 bridgehead atoms. The number of anilines is 1. The number of piperidine rings is 1. The fourth-order valence-electron chi connectivity index (χ4n) is 4.70. The van der Waals surface area contributed by atoms with Crippen molar-refractivity contribution in [2.45, 2.75) is 62.8 Å². The number of nitrogens with zero attached hydrogens (tertiary/aromatic N) is 2. The van der Waals surface area contributed by atoms with Gasteiger partial charge in [0.2, 0.25) is 0 Å². The van der Waals surface area contributed by atoms with Crippen LogP contribution in [-0.4, -0.2) is 60.5 Å². The van der Waals surface area contributed by atoms with Crippen LogP contribution < -0.4 is 4.90 Å². The maximum absolute atomic E-state index is 10.3. The van der Waals surface area contributed by atoms with Crippen molar-refractivity contribution in [2.24, 2.45) is 0 Å². The first-order valence-electron chi connectivity index (χ1n) is 9.65. The van der Waals surface area contributed by atoms with Crippen molar-refractivity contribution in [3.8, 4) is 0 Å². The van der Waals surface area contributed by atoms with E-state index in [1.54, 1.807) is 0 Å². The van der Waals surface area contributed by atoms with Gasteiger partial charge in [0.05, 0.1) is 18.8 Å². The van der Waals surface area contributed by atoms with Crippen LogP contribution >= 0.6 is 0 Å². The smallest absolute Gasteiger partial charge is 0.0900 e. The fraction of sp³-hybridized carbons (Fsp3) is 0.700. The number of hydrogen-bond donors (Lipinski definition) is 1. The SMILES string of the molecule is OC(COC1CCCCC1)CN1CC2CC(C1)N2c1ccccc1. The van der Waals surface area contributed by atoms with Crippen LogP contribution in [0.5, 0.6) is 0 Å². The Balaban J connectivity index is 1.22. The van der Waals surface area contributed by atoms with Crippen molar-refractivity contribution in [2.75, 3.05) is 31.1 Å². The van der Waals surface area contributed by atoms with E-state index >= 15 is 0 Å². The summed E-state index contributed by atoms with van der Waals surface area (Å²) in [6.07, 6.45) is 7.58. The Bertz CT molecular complexity index is 506. The summed E-state index contributed by atoms with van der Waals surface area (Å²) in [5.41, 5.74) is 1.35. The van der Waals surface area contributed by atoms with E-state index in [1.165, 1.54) is 44.2 Å². The van der Waals surface area contributed by atoms with Crippen LogP contribution in [0.4, 0.5) is 5.69 Å². The molecule has 132 valence electrons. The van der Waals surface area contributed by atoms with E-state index in [1.807, 2.05) is 0 Å². The third-order valence-corrected chi connectivity index (χ3v) is 5.87. The molecule has 1 aromatic rings. The number of para-hydroxylation sites is 1. The molecule has 4 nitrogen and oxygen atoms in total. The largest absolute Gasteiger partial charge is 0.389 e. The molecule has 3 saturated heterocycles. The Kier molecular flexibility index (Phi) is 5.06. The van der Waals surface area contributed by atoms with Gasteiger partial charge in [-0.3, -0.25) is 4.90 Å². The molecule has 0 aromatic heterocycles. The van der Waals surface area contributed by atoms with E-state index in [9.17, 15) is 5.11 Å². The Labute approximate surface area is 145 Å². The van der Waals surface area contributed by atoms with Gasteiger partial charge in [-0.25, -0.2) is 0 Å². The number of piperazine rings is 1. The maximum Gasteiger partial charge on any atom is 0.0900 e. The van der Waals surface area contributed by atoms with Gasteiger partial charge >= 0.3 is 0 Å². The van der Waals surface area contributed by atoms with Gasteiger partial charge in [0.1, 0.15) is 0 Å². The van der Waals surface area contributed by atoms with Crippen molar-refractivity contribution < 1.29 is 9.84 Å². The number of fused-ring (bicyclic) bond motifs is 2. The van der Waals surface area contributed by atoms with Crippen LogP contribution in [0, 0.1) is 0 Å². The van der Waals surface area contributed by atoms with E-state index in [-0.39, 0.29) is 6.10 Å². The van der Waals surface area contributed by atoms with Crippen LogP contribution in [0.25, 0.3) is 0 Å². The highest BCUT2D eigenvalue weighted by molar-refractivity contribution is 5.52. The molecular weight excluding hydrogens is 300 g/mol. The predicted octanol–water partition coefficient (Wildman–Crippen LogP) is 2.66. The topological polar surface area (TPSA) is 35.9 Å². The summed E-state index contributed by atoms with van der Waals surface area (Å²) < 4.78 is 5.93. The van der Waals surface area contributed by atoms with Crippen molar-refractivity contribution in [3.05, 3.63) is 30.3 Å². The molecule has 5 rings (SSSR count). The standard InChI is InChI=1S/C20H30N2O2/c23-19(15-24-20-9-5-2-6-10-20)14-21-12-17-11-18(13-21)22(17)16-7-3-1-4-8-16/h1,3-4,7-8,17-20,23H,2,5-6,9-15H2. The van der Waals surface area contributed by atoms with Gasteiger partial charge in [0.15, 0.2) is 0 Å². The number of hydrogen-bond acceptors (Lipinski definition) is 4. The molecule has 3 heterocycles. The number of benzene rings is 1. The van der Waals surface area contributed by atoms with Crippen LogP contribution in [0.2, 0.25) is 0 Å². The van der Waals surface area contributed by atoms with Crippen molar-refractivity contribution in [3.63, 3.8) is 0 Å². The molecule has 4 aliphatic rings. The van der Waals surface area contributed by atoms with Crippen LogP contribution in [0.1, 0.15) is 38.5 Å². The lowest BCUT2D eigenvalue weighted by atomic mass is 9.86. The lowest BCUT2D eigenvalue weighted by Crippen LogP contribution is -2.69. The van der Waals surface area contributed by atoms with Gasteiger partial charge in [-0.2, -0.15) is 0 Å². The van der Waals surface area contributed by atoms with Crippen LogP contribution in [0.15, 0.2) is 30.3 Å². The number of aliphatic hydroxyl groups excluding tert-OH is 1. The minimum Gasteiger partial charge on any atom is -0.389 e. The first kappa shape index (κ1) is 16.4. The molecular formula is C20H30N2O2. The predicted molar refractivity (Wildman–Crippen MR) is 96.4 cm³/mol. The highest BCUT2D eigenvalue weighted by atomic mass is 16.5. The molecule has 24 heavy (non-hydrogen) atoms. The minimum atomic E-state index is -0.352. The summed E-state index contributed by atoms with van der Waals surface area (Å²) in [5, 5.41) is 10.3.